The minimum Gasteiger partial charge on any atom is -0.445 e. The van der Waals surface area contributed by atoms with E-state index in [-0.39, 0.29) is 13.2 Å². The molecule has 4 nitrogen and oxygen atoms in total. The van der Waals surface area contributed by atoms with Gasteiger partial charge in [0.1, 0.15) is 6.61 Å². The zero-order valence-electron chi connectivity index (χ0n) is 12.9. The van der Waals surface area contributed by atoms with Gasteiger partial charge in [0.25, 0.3) is 0 Å². The van der Waals surface area contributed by atoms with Crippen LogP contribution < -0.4 is 0 Å². The average molecular weight is 299 g/mol. The molecule has 2 rings (SSSR count). The molecule has 2 aromatic carbocycles. The fraction of sp³-hybridized carbons (Fsp3) is 0.278. The number of likely N-dealkylation sites (N-methyl/N-ethyl adjacent to an activating group) is 1. The van der Waals surface area contributed by atoms with Crippen molar-refractivity contribution in [1.29, 1.82) is 0 Å². The molecule has 0 saturated heterocycles. The first kappa shape index (κ1) is 16.0. The summed E-state index contributed by atoms with van der Waals surface area (Å²) in [6.07, 6.45) is -1.18. The fourth-order valence-corrected chi connectivity index (χ4v) is 2.15. The zero-order valence-corrected chi connectivity index (χ0v) is 12.9. The minimum atomic E-state index is -0.728. The smallest absolute Gasteiger partial charge is 0.409 e. The van der Waals surface area contributed by atoms with Gasteiger partial charge in [-0.05, 0) is 18.1 Å². The molecule has 1 N–H and O–H groups in total. The van der Waals surface area contributed by atoms with Crippen molar-refractivity contribution in [2.75, 3.05) is 13.6 Å². The Balaban J connectivity index is 1.85. The Kier molecular flexibility index (Phi) is 5.55. The van der Waals surface area contributed by atoms with Gasteiger partial charge in [0, 0.05) is 7.05 Å². The third kappa shape index (κ3) is 4.60. The highest BCUT2D eigenvalue weighted by molar-refractivity contribution is 5.67. The number of aryl methyl sites for hydroxylation is 1. The van der Waals surface area contributed by atoms with E-state index in [0.717, 1.165) is 16.7 Å². The van der Waals surface area contributed by atoms with Crippen molar-refractivity contribution in [1.82, 2.24) is 4.90 Å². The summed E-state index contributed by atoms with van der Waals surface area (Å²) >= 11 is 0. The van der Waals surface area contributed by atoms with Crippen molar-refractivity contribution in [3.63, 3.8) is 0 Å². The molecule has 0 aliphatic carbocycles. The number of carbonyl (C=O) groups is 1. The van der Waals surface area contributed by atoms with Gasteiger partial charge in [-0.1, -0.05) is 60.2 Å². The molecule has 0 aromatic heterocycles. The monoisotopic (exact) mass is 299 g/mol. The summed E-state index contributed by atoms with van der Waals surface area (Å²) in [7, 11) is 1.62. The van der Waals surface area contributed by atoms with Crippen molar-refractivity contribution in [2.45, 2.75) is 19.6 Å². The van der Waals surface area contributed by atoms with Crippen LogP contribution in [0.2, 0.25) is 0 Å². The molecule has 0 aliphatic rings. The van der Waals surface area contributed by atoms with E-state index in [2.05, 4.69) is 0 Å². The molecule has 0 aliphatic heterocycles. The van der Waals surface area contributed by atoms with E-state index in [1.165, 1.54) is 4.90 Å². The molecule has 0 spiro atoms. The molecule has 1 atom stereocenters. The predicted octanol–water partition coefficient (Wildman–Crippen LogP) is 3.30. The lowest BCUT2D eigenvalue weighted by atomic mass is 10.1. The molecule has 1 amide bonds. The molecule has 2 aromatic rings. The Bertz CT molecular complexity index is 613. The number of ether oxygens (including phenoxy) is 1. The summed E-state index contributed by atoms with van der Waals surface area (Å²) in [4.78, 5) is 13.3. The second kappa shape index (κ2) is 7.61. The quantitative estimate of drug-likeness (QED) is 0.921. The number of hydrogen-bond acceptors (Lipinski definition) is 3. The average Bonchev–Trinajstić information content (AvgIpc) is 2.53. The van der Waals surface area contributed by atoms with Crippen LogP contribution in [0.3, 0.4) is 0 Å². The number of aliphatic hydroxyl groups is 1. The van der Waals surface area contributed by atoms with Crippen LogP contribution in [0.5, 0.6) is 0 Å². The molecule has 0 fully saturated rings. The van der Waals surface area contributed by atoms with Gasteiger partial charge in [-0.25, -0.2) is 4.79 Å². The molecule has 0 saturated carbocycles. The number of amides is 1. The second-order valence-electron chi connectivity index (χ2n) is 5.35. The van der Waals surface area contributed by atoms with Crippen molar-refractivity contribution >= 4 is 6.09 Å². The molecule has 4 heteroatoms. The van der Waals surface area contributed by atoms with Crippen LogP contribution in [0.1, 0.15) is 22.8 Å². The summed E-state index contributed by atoms with van der Waals surface area (Å²) in [5.41, 5.74) is 2.80. The molecule has 116 valence electrons. The van der Waals surface area contributed by atoms with Crippen LogP contribution in [0, 0.1) is 6.92 Å². The Labute approximate surface area is 131 Å². The van der Waals surface area contributed by atoms with Gasteiger partial charge < -0.3 is 14.7 Å². The minimum absolute atomic E-state index is 0.192. The number of benzene rings is 2. The van der Waals surface area contributed by atoms with Crippen LogP contribution >= 0.6 is 0 Å². The third-order valence-corrected chi connectivity index (χ3v) is 3.39. The lowest BCUT2D eigenvalue weighted by Crippen LogP contribution is -2.31. The van der Waals surface area contributed by atoms with Crippen molar-refractivity contribution < 1.29 is 14.6 Å². The molecule has 0 bridgehead atoms. The lowest BCUT2D eigenvalue weighted by molar-refractivity contribution is 0.0787. The lowest BCUT2D eigenvalue weighted by Gasteiger charge is -2.21. The number of hydrogen-bond donors (Lipinski definition) is 1. The Morgan fingerprint density at radius 1 is 1.18 bits per heavy atom. The van der Waals surface area contributed by atoms with Gasteiger partial charge >= 0.3 is 6.09 Å². The largest absolute Gasteiger partial charge is 0.445 e. The number of carbonyl (C=O) groups excluding carboxylic acids is 1. The first-order valence-electron chi connectivity index (χ1n) is 7.22. The Morgan fingerprint density at radius 2 is 1.91 bits per heavy atom. The SMILES string of the molecule is Cc1cccc(C(O)CN(C)C(=O)OCc2ccccc2)c1. The van der Waals surface area contributed by atoms with Crippen LogP contribution in [0.15, 0.2) is 54.6 Å². The van der Waals surface area contributed by atoms with E-state index >= 15 is 0 Å². The van der Waals surface area contributed by atoms with Gasteiger partial charge in [0.05, 0.1) is 12.6 Å². The summed E-state index contributed by atoms with van der Waals surface area (Å²) in [5.74, 6) is 0. The third-order valence-electron chi connectivity index (χ3n) is 3.39. The van der Waals surface area contributed by atoms with E-state index in [1.807, 2.05) is 61.5 Å². The van der Waals surface area contributed by atoms with Crippen LogP contribution in [-0.4, -0.2) is 29.7 Å². The van der Waals surface area contributed by atoms with E-state index in [0.29, 0.717) is 0 Å². The van der Waals surface area contributed by atoms with E-state index < -0.39 is 12.2 Å². The molecule has 22 heavy (non-hydrogen) atoms. The molecule has 0 heterocycles. The molecular weight excluding hydrogens is 278 g/mol. The summed E-state index contributed by atoms with van der Waals surface area (Å²) in [5, 5.41) is 10.2. The van der Waals surface area contributed by atoms with E-state index in [4.69, 9.17) is 4.74 Å². The highest BCUT2D eigenvalue weighted by Gasteiger charge is 2.16. The highest BCUT2D eigenvalue weighted by Crippen LogP contribution is 2.15. The maximum absolute atomic E-state index is 11.9. The number of aliphatic hydroxyl groups excluding tert-OH is 1. The standard InChI is InChI=1S/C18H21NO3/c1-14-7-6-10-16(11-14)17(20)12-19(2)18(21)22-13-15-8-4-3-5-9-15/h3-11,17,20H,12-13H2,1-2H3. The van der Waals surface area contributed by atoms with Gasteiger partial charge in [-0.3, -0.25) is 0 Å². The van der Waals surface area contributed by atoms with Crippen LogP contribution in [0.4, 0.5) is 4.79 Å². The summed E-state index contributed by atoms with van der Waals surface area (Å²) < 4.78 is 5.23. The number of rotatable bonds is 5. The van der Waals surface area contributed by atoms with Crippen molar-refractivity contribution in [2.24, 2.45) is 0 Å². The molecular formula is C18H21NO3. The van der Waals surface area contributed by atoms with Crippen molar-refractivity contribution in [3.8, 4) is 0 Å². The Morgan fingerprint density at radius 3 is 2.59 bits per heavy atom. The normalized spacial score (nSPS) is 11.8. The van der Waals surface area contributed by atoms with Gasteiger partial charge in [-0.2, -0.15) is 0 Å². The summed E-state index contributed by atoms with van der Waals surface area (Å²) in [6.45, 7) is 2.38. The predicted molar refractivity (Wildman–Crippen MR) is 85.4 cm³/mol. The maximum atomic E-state index is 11.9. The highest BCUT2D eigenvalue weighted by atomic mass is 16.6. The van der Waals surface area contributed by atoms with Crippen LogP contribution in [-0.2, 0) is 11.3 Å². The number of nitrogens with zero attached hydrogens (tertiary/aromatic N) is 1. The van der Waals surface area contributed by atoms with E-state index in [1.54, 1.807) is 7.05 Å². The zero-order chi connectivity index (χ0) is 15.9. The van der Waals surface area contributed by atoms with Gasteiger partial charge in [0.15, 0.2) is 0 Å². The first-order chi connectivity index (χ1) is 10.6. The second-order valence-corrected chi connectivity index (χ2v) is 5.35. The molecule has 0 radical (unpaired) electrons. The Hall–Kier alpha value is -2.33. The van der Waals surface area contributed by atoms with Crippen molar-refractivity contribution in [3.05, 3.63) is 71.3 Å². The first-order valence-corrected chi connectivity index (χ1v) is 7.22. The van der Waals surface area contributed by atoms with Crippen LogP contribution in [0.25, 0.3) is 0 Å². The topological polar surface area (TPSA) is 49.8 Å². The summed E-state index contributed by atoms with van der Waals surface area (Å²) in [6, 6.07) is 17.1. The molecule has 1 unspecified atom stereocenters. The van der Waals surface area contributed by atoms with E-state index in [9.17, 15) is 9.90 Å². The van der Waals surface area contributed by atoms with Gasteiger partial charge in [0.2, 0.25) is 0 Å². The fourth-order valence-electron chi connectivity index (χ4n) is 2.15. The maximum Gasteiger partial charge on any atom is 0.409 e. The van der Waals surface area contributed by atoms with Gasteiger partial charge in [-0.15, -0.1) is 0 Å².